The van der Waals surface area contributed by atoms with Crippen molar-refractivity contribution < 1.29 is 0 Å². The monoisotopic (exact) mass is 296 g/mol. The van der Waals surface area contributed by atoms with Gasteiger partial charge in [-0.05, 0) is 52.0 Å². The first-order valence-electron chi connectivity index (χ1n) is 7.38. The predicted octanol–water partition coefficient (Wildman–Crippen LogP) is 2.64. The lowest BCUT2D eigenvalue weighted by atomic mass is 10.1. The zero-order valence-electron chi connectivity index (χ0n) is 12.9. The van der Waals surface area contributed by atoms with Crippen molar-refractivity contribution in [3.8, 4) is 0 Å². The smallest absolute Gasteiger partial charge is 0.148 e. The van der Waals surface area contributed by atoms with Crippen molar-refractivity contribution in [2.45, 2.75) is 32.7 Å². The van der Waals surface area contributed by atoms with Crippen LogP contribution in [0, 0.1) is 5.92 Å². The van der Waals surface area contributed by atoms with Gasteiger partial charge in [-0.3, -0.25) is 4.90 Å². The molecule has 1 aliphatic rings. The van der Waals surface area contributed by atoms with Crippen LogP contribution in [-0.2, 0) is 6.42 Å². The van der Waals surface area contributed by atoms with Gasteiger partial charge in [-0.2, -0.15) is 0 Å². The second-order valence-electron chi connectivity index (χ2n) is 6.25. The van der Waals surface area contributed by atoms with Crippen LogP contribution in [0.5, 0.6) is 0 Å². The Hall–Kier alpha value is -0.710. The number of halogens is 1. The number of nitrogens with zero attached hydrogens (tertiary/aromatic N) is 4. The topological polar surface area (TPSA) is 32.3 Å². The normalized spacial score (nSPS) is 22.2. The van der Waals surface area contributed by atoms with E-state index in [2.05, 4.69) is 42.7 Å². The molecule has 1 atom stereocenters. The molecule has 1 aliphatic heterocycles. The summed E-state index contributed by atoms with van der Waals surface area (Å²) in [6.07, 6.45) is 2.13. The average molecular weight is 297 g/mol. The molecule has 20 heavy (non-hydrogen) atoms. The van der Waals surface area contributed by atoms with Crippen molar-refractivity contribution in [2.24, 2.45) is 5.92 Å². The summed E-state index contributed by atoms with van der Waals surface area (Å²) in [4.78, 5) is 13.9. The first-order chi connectivity index (χ1) is 9.45. The van der Waals surface area contributed by atoms with Gasteiger partial charge in [0.25, 0.3) is 0 Å². The van der Waals surface area contributed by atoms with Crippen molar-refractivity contribution in [1.82, 2.24) is 19.8 Å². The first kappa shape index (κ1) is 15.7. The summed E-state index contributed by atoms with van der Waals surface area (Å²) in [5, 5.41) is 0.561. The number of aromatic nitrogens is 2. The molecular weight excluding hydrogens is 272 g/mol. The van der Waals surface area contributed by atoms with Gasteiger partial charge in [0.1, 0.15) is 11.0 Å². The number of hydrogen-bond acceptors (Lipinski definition) is 4. The van der Waals surface area contributed by atoms with Crippen LogP contribution in [0.4, 0.5) is 0 Å². The van der Waals surface area contributed by atoms with Gasteiger partial charge in [0.15, 0.2) is 0 Å². The zero-order chi connectivity index (χ0) is 14.7. The minimum atomic E-state index is 0.229. The SMILES string of the molecule is CC(C)Cc1cc(Cl)nc(C2CN(C)CCCN2C)n1. The molecule has 1 fully saturated rings. The Bertz CT molecular complexity index is 449. The molecular formula is C15H25ClN4. The van der Waals surface area contributed by atoms with E-state index in [-0.39, 0.29) is 6.04 Å². The fraction of sp³-hybridized carbons (Fsp3) is 0.733. The highest BCUT2D eigenvalue weighted by atomic mass is 35.5. The molecule has 5 heteroatoms. The molecule has 0 radical (unpaired) electrons. The molecule has 1 saturated heterocycles. The van der Waals surface area contributed by atoms with Crippen molar-refractivity contribution in [1.29, 1.82) is 0 Å². The minimum absolute atomic E-state index is 0.229. The summed E-state index contributed by atoms with van der Waals surface area (Å²) in [7, 11) is 4.31. The van der Waals surface area contributed by atoms with Gasteiger partial charge < -0.3 is 4.90 Å². The van der Waals surface area contributed by atoms with Crippen LogP contribution >= 0.6 is 11.6 Å². The Balaban J connectivity index is 2.27. The van der Waals surface area contributed by atoms with E-state index in [0.717, 1.165) is 37.6 Å². The highest BCUT2D eigenvalue weighted by Crippen LogP contribution is 2.22. The molecule has 1 aromatic rings. The van der Waals surface area contributed by atoms with Gasteiger partial charge in [-0.1, -0.05) is 25.4 Å². The van der Waals surface area contributed by atoms with Gasteiger partial charge in [-0.25, -0.2) is 9.97 Å². The van der Waals surface area contributed by atoms with Crippen LogP contribution in [0.2, 0.25) is 5.15 Å². The lowest BCUT2D eigenvalue weighted by Gasteiger charge is -2.26. The summed E-state index contributed by atoms with van der Waals surface area (Å²) < 4.78 is 0. The third-order valence-electron chi connectivity index (χ3n) is 3.75. The molecule has 0 aromatic carbocycles. The number of hydrogen-bond donors (Lipinski definition) is 0. The Morgan fingerprint density at radius 3 is 2.75 bits per heavy atom. The molecule has 4 nitrogen and oxygen atoms in total. The van der Waals surface area contributed by atoms with E-state index < -0.39 is 0 Å². The van der Waals surface area contributed by atoms with Crippen LogP contribution in [-0.4, -0.2) is 53.5 Å². The fourth-order valence-corrected chi connectivity index (χ4v) is 2.92. The lowest BCUT2D eigenvalue weighted by molar-refractivity contribution is 0.219. The summed E-state index contributed by atoms with van der Waals surface area (Å²) in [5.41, 5.74) is 1.05. The van der Waals surface area contributed by atoms with Gasteiger partial charge in [0, 0.05) is 12.2 Å². The van der Waals surface area contributed by atoms with Gasteiger partial charge in [-0.15, -0.1) is 0 Å². The van der Waals surface area contributed by atoms with Crippen LogP contribution in [0.15, 0.2) is 6.07 Å². The van der Waals surface area contributed by atoms with Crippen molar-refractivity contribution >= 4 is 11.6 Å². The molecule has 2 heterocycles. The minimum Gasteiger partial charge on any atom is -0.304 e. The highest BCUT2D eigenvalue weighted by molar-refractivity contribution is 6.29. The van der Waals surface area contributed by atoms with E-state index in [4.69, 9.17) is 16.6 Å². The van der Waals surface area contributed by atoms with Crippen molar-refractivity contribution in [3.63, 3.8) is 0 Å². The summed E-state index contributed by atoms with van der Waals surface area (Å²) in [6, 6.07) is 2.12. The Kier molecular flexibility index (Phi) is 5.35. The third kappa shape index (κ3) is 4.14. The fourth-order valence-electron chi connectivity index (χ4n) is 2.71. The van der Waals surface area contributed by atoms with Crippen LogP contribution in [0.25, 0.3) is 0 Å². The maximum absolute atomic E-state index is 6.19. The maximum atomic E-state index is 6.19. The van der Waals surface area contributed by atoms with Crippen molar-refractivity contribution in [3.05, 3.63) is 22.7 Å². The number of rotatable bonds is 3. The molecule has 0 saturated carbocycles. The Morgan fingerprint density at radius 1 is 1.30 bits per heavy atom. The molecule has 0 aliphatic carbocycles. The summed E-state index contributed by atoms with van der Waals surface area (Å²) in [6.45, 7) is 7.55. The average Bonchev–Trinajstić information content (AvgIpc) is 2.49. The molecule has 0 N–H and O–H groups in total. The molecule has 0 bridgehead atoms. The van der Waals surface area contributed by atoms with E-state index >= 15 is 0 Å². The van der Waals surface area contributed by atoms with Gasteiger partial charge in [0.2, 0.25) is 0 Å². The maximum Gasteiger partial charge on any atom is 0.148 e. The second-order valence-corrected chi connectivity index (χ2v) is 6.64. The lowest BCUT2D eigenvalue weighted by Crippen LogP contribution is -2.32. The van der Waals surface area contributed by atoms with E-state index in [0.29, 0.717) is 11.1 Å². The van der Waals surface area contributed by atoms with Crippen LogP contribution < -0.4 is 0 Å². The standard InChI is InChI=1S/C15H25ClN4/c1-11(2)8-12-9-14(16)18-15(17-12)13-10-19(3)6-5-7-20(13)4/h9,11,13H,5-8,10H2,1-4H3. The largest absolute Gasteiger partial charge is 0.304 e. The molecule has 2 rings (SSSR count). The quantitative estimate of drug-likeness (QED) is 0.803. The first-order valence-corrected chi connectivity index (χ1v) is 7.75. The van der Waals surface area contributed by atoms with E-state index in [1.807, 2.05) is 6.07 Å². The molecule has 1 aromatic heterocycles. The van der Waals surface area contributed by atoms with Crippen LogP contribution in [0.3, 0.4) is 0 Å². The Labute approximate surface area is 127 Å². The number of likely N-dealkylation sites (N-methyl/N-ethyl adjacent to an activating group) is 2. The van der Waals surface area contributed by atoms with E-state index in [1.165, 1.54) is 6.42 Å². The van der Waals surface area contributed by atoms with Gasteiger partial charge >= 0.3 is 0 Å². The summed E-state index contributed by atoms with van der Waals surface area (Å²) in [5.74, 6) is 1.44. The third-order valence-corrected chi connectivity index (χ3v) is 3.94. The van der Waals surface area contributed by atoms with E-state index in [9.17, 15) is 0 Å². The molecule has 112 valence electrons. The van der Waals surface area contributed by atoms with E-state index in [1.54, 1.807) is 0 Å². The molecule has 1 unspecified atom stereocenters. The summed E-state index contributed by atoms with van der Waals surface area (Å²) >= 11 is 6.19. The Morgan fingerprint density at radius 2 is 2.05 bits per heavy atom. The molecule has 0 spiro atoms. The van der Waals surface area contributed by atoms with Gasteiger partial charge in [0.05, 0.1) is 6.04 Å². The predicted molar refractivity (Wildman–Crippen MR) is 83.1 cm³/mol. The highest BCUT2D eigenvalue weighted by Gasteiger charge is 2.25. The second kappa shape index (κ2) is 6.83. The van der Waals surface area contributed by atoms with Crippen molar-refractivity contribution in [2.75, 3.05) is 33.7 Å². The zero-order valence-corrected chi connectivity index (χ0v) is 13.7. The molecule has 0 amide bonds. The van der Waals surface area contributed by atoms with Crippen LogP contribution in [0.1, 0.15) is 37.8 Å².